The van der Waals surface area contributed by atoms with Crippen molar-refractivity contribution in [1.82, 2.24) is 0 Å². The van der Waals surface area contributed by atoms with Crippen molar-refractivity contribution in [3.05, 3.63) is 17.7 Å². The molecule has 0 saturated heterocycles. The third-order valence-electron chi connectivity index (χ3n) is 2.48. The van der Waals surface area contributed by atoms with Gasteiger partial charge in [0.15, 0.2) is 11.5 Å². The summed E-state index contributed by atoms with van der Waals surface area (Å²) in [6.07, 6.45) is 4.28. The number of unbranched alkanes of at least 4 members (excludes halogenated alkanes) is 2. The molecule has 0 aliphatic heterocycles. The molecule has 0 saturated carbocycles. The number of phenols is 1. The van der Waals surface area contributed by atoms with Crippen LogP contribution in [0.15, 0.2) is 12.1 Å². The highest BCUT2D eigenvalue weighted by atomic mass is 127. The minimum Gasteiger partial charge on any atom is -0.504 e. The molecule has 3 nitrogen and oxygen atoms in total. The highest BCUT2D eigenvalue weighted by Crippen LogP contribution is 2.41. The van der Waals surface area contributed by atoms with Gasteiger partial charge in [-0.2, -0.15) is 0 Å². The van der Waals surface area contributed by atoms with Crippen LogP contribution in [0, 0.1) is 0 Å². The number of hydrogen-bond acceptors (Lipinski definition) is 3. The predicted molar refractivity (Wildman–Crippen MR) is 97.3 cm³/mol. The second-order valence-electron chi connectivity index (χ2n) is 3.74. The van der Waals surface area contributed by atoms with Crippen LogP contribution in [0.25, 0.3) is 0 Å². The second kappa shape index (κ2) is 9.78. The van der Waals surface area contributed by atoms with Crippen LogP contribution >= 0.6 is 57.0 Å². The molecule has 7 heteroatoms. The molecule has 0 bridgehead atoms. The summed E-state index contributed by atoms with van der Waals surface area (Å²) in [6, 6.07) is 3.68. The van der Waals surface area contributed by atoms with Crippen molar-refractivity contribution in [2.24, 2.45) is 0 Å². The van der Waals surface area contributed by atoms with Crippen molar-refractivity contribution in [3.8, 4) is 17.2 Å². The number of halogens is 2. The van der Waals surface area contributed by atoms with Crippen LogP contribution < -0.4 is 9.05 Å². The summed E-state index contributed by atoms with van der Waals surface area (Å²) in [6.45, 7) is 2.82. The summed E-state index contributed by atoms with van der Waals surface area (Å²) in [4.78, 5) is 0. The summed E-state index contributed by atoms with van der Waals surface area (Å²) in [5.41, 5.74) is 0.917. The molecule has 1 rings (SSSR count). The van der Waals surface area contributed by atoms with Crippen LogP contribution in [0.1, 0.15) is 31.7 Å². The molecule has 2 atom stereocenters. The maximum Gasteiger partial charge on any atom is 0.169 e. The first-order chi connectivity index (χ1) is 8.72. The minimum atomic E-state index is 0.263. The van der Waals surface area contributed by atoms with E-state index >= 15 is 0 Å². The van der Waals surface area contributed by atoms with Gasteiger partial charge in [0.2, 0.25) is 0 Å². The van der Waals surface area contributed by atoms with Gasteiger partial charge in [0.05, 0.1) is 0 Å². The van der Waals surface area contributed by atoms with Gasteiger partial charge in [0.1, 0.15) is 18.6 Å². The highest BCUT2D eigenvalue weighted by Gasteiger charge is 2.12. The lowest BCUT2D eigenvalue weighted by molar-refractivity contribution is 0.440. The average Bonchev–Trinajstić information content (AvgIpc) is 2.35. The average molecular weight is 512 g/mol. The van der Waals surface area contributed by atoms with Gasteiger partial charge in [-0.1, -0.05) is 19.8 Å². The molecule has 0 aromatic heterocycles. The first-order valence-electron chi connectivity index (χ1n) is 5.63. The zero-order valence-electron chi connectivity index (χ0n) is 10.0. The van der Waals surface area contributed by atoms with E-state index < -0.39 is 0 Å². The van der Waals surface area contributed by atoms with Gasteiger partial charge in [-0.15, -0.1) is 0 Å². The Labute approximate surface area is 137 Å². The Kier molecular flexibility index (Phi) is 9.24. The normalized spacial score (nSPS) is 11.7. The standard InChI is InChI=1S/C11H16I2O3P2/c1-2-3-4-5-8-6-9(15-17-12)7-10(11(8)14)16-18-13/h6-7,14,17-18H,2-5H2,1H3. The van der Waals surface area contributed by atoms with Crippen LogP contribution in [0.2, 0.25) is 0 Å². The Bertz CT molecular complexity index is 378. The van der Waals surface area contributed by atoms with E-state index in [1.165, 1.54) is 12.8 Å². The van der Waals surface area contributed by atoms with Gasteiger partial charge < -0.3 is 14.2 Å². The number of aryl methyl sites for hydroxylation is 1. The molecule has 0 amide bonds. The smallest absolute Gasteiger partial charge is 0.169 e. The lowest BCUT2D eigenvalue weighted by Crippen LogP contribution is -1.90. The molecular formula is C11H16I2O3P2. The molecule has 0 aliphatic rings. The quantitative estimate of drug-likeness (QED) is 0.273. The van der Waals surface area contributed by atoms with Crippen LogP contribution in [0.3, 0.4) is 0 Å². The van der Waals surface area contributed by atoms with Crippen molar-refractivity contribution >= 4 is 57.0 Å². The SMILES string of the molecule is CCCCCc1cc(OPI)cc(OPI)c1O. The van der Waals surface area contributed by atoms with E-state index in [0.29, 0.717) is 12.2 Å². The molecule has 0 aliphatic carbocycles. The first-order valence-corrected chi connectivity index (χ1v) is 13.7. The predicted octanol–water partition coefficient (Wildman–Crippen LogP) is 5.77. The molecule has 0 fully saturated rings. The molecule has 1 aromatic rings. The summed E-state index contributed by atoms with van der Waals surface area (Å²) in [5.74, 6) is 1.57. The zero-order valence-corrected chi connectivity index (χ0v) is 16.3. The first kappa shape index (κ1) is 17.0. The number of rotatable bonds is 8. The fraction of sp³-hybridized carbons (Fsp3) is 0.455. The number of aromatic hydroxyl groups is 1. The van der Waals surface area contributed by atoms with Gasteiger partial charge in [-0.3, -0.25) is 0 Å². The van der Waals surface area contributed by atoms with Crippen molar-refractivity contribution in [1.29, 1.82) is 0 Å². The molecule has 102 valence electrons. The molecule has 1 N–H and O–H groups in total. The third kappa shape index (κ3) is 5.51. The van der Waals surface area contributed by atoms with Crippen molar-refractivity contribution in [2.75, 3.05) is 0 Å². The van der Waals surface area contributed by atoms with Crippen LogP contribution in [-0.2, 0) is 6.42 Å². The molecule has 0 spiro atoms. The van der Waals surface area contributed by atoms with E-state index in [0.717, 1.165) is 24.2 Å². The van der Waals surface area contributed by atoms with Crippen LogP contribution in [0.4, 0.5) is 0 Å². The molecular weight excluding hydrogens is 496 g/mol. The van der Waals surface area contributed by atoms with E-state index in [-0.39, 0.29) is 12.2 Å². The van der Waals surface area contributed by atoms with E-state index in [1.807, 2.05) is 6.07 Å². The molecule has 0 heterocycles. The summed E-state index contributed by atoms with van der Waals surface area (Å²) in [5, 5.41) is 10.1. The lowest BCUT2D eigenvalue weighted by atomic mass is 10.1. The number of phenolic OH excluding ortho intramolecular Hbond substituents is 1. The third-order valence-corrected chi connectivity index (χ3v) is 4.41. The Morgan fingerprint density at radius 2 is 1.89 bits per heavy atom. The lowest BCUT2D eigenvalue weighted by Gasteiger charge is -2.12. The fourth-order valence-electron chi connectivity index (χ4n) is 1.62. The summed E-state index contributed by atoms with van der Waals surface area (Å²) >= 11 is 4.32. The second-order valence-corrected chi connectivity index (χ2v) is 7.10. The topological polar surface area (TPSA) is 38.7 Å². The van der Waals surface area contributed by atoms with E-state index in [1.54, 1.807) is 6.07 Å². The number of benzene rings is 1. The largest absolute Gasteiger partial charge is 0.504 e. The van der Waals surface area contributed by atoms with Gasteiger partial charge in [-0.05, 0) is 63.0 Å². The summed E-state index contributed by atoms with van der Waals surface area (Å²) < 4.78 is 11.0. The Balaban J connectivity index is 2.90. The zero-order chi connectivity index (χ0) is 13.4. The van der Waals surface area contributed by atoms with Gasteiger partial charge in [0.25, 0.3) is 0 Å². The van der Waals surface area contributed by atoms with Crippen molar-refractivity contribution in [2.45, 2.75) is 32.6 Å². The van der Waals surface area contributed by atoms with Crippen LogP contribution in [0.5, 0.6) is 17.2 Å². The maximum absolute atomic E-state index is 10.1. The van der Waals surface area contributed by atoms with E-state index in [2.05, 4.69) is 51.0 Å². The molecule has 1 aromatic carbocycles. The monoisotopic (exact) mass is 512 g/mol. The Morgan fingerprint density at radius 1 is 1.17 bits per heavy atom. The molecule has 0 radical (unpaired) electrons. The van der Waals surface area contributed by atoms with Crippen LogP contribution in [-0.4, -0.2) is 5.11 Å². The summed E-state index contributed by atoms with van der Waals surface area (Å²) in [7, 11) is 0. The van der Waals surface area contributed by atoms with Crippen molar-refractivity contribution < 1.29 is 14.2 Å². The van der Waals surface area contributed by atoms with E-state index in [9.17, 15) is 5.11 Å². The number of hydrogen-bond donors (Lipinski definition) is 1. The van der Waals surface area contributed by atoms with Gasteiger partial charge in [-0.25, -0.2) is 0 Å². The molecule has 2 unspecified atom stereocenters. The maximum atomic E-state index is 10.1. The Morgan fingerprint density at radius 3 is 2.50 bits per heavy atom. The fourth-order valence-corrected chi connectivity index (χ4v) is 3.54. The van der Waals surface area contributed by atoms with Gasteiger partial charge in [0, 0.05) is 11.6 Å². The van der Waals surface area contributed by atoms with E-state index in [4.69, 9.17) is 9.05 Å². The van der Waals surface area contributed by atoms with Crippen molar-refractivity contribution in [3.63, 3.8) is 0 Å². The highest BCUT2D eigenvalue weighted by molar-refractivity contribution is 14.2. The minimum absolute atomic E-state index is 0.263. The van der Waals surface area contributed by atoms with Gasteiger partial charge >= 0.3 is 0 Å². The Hall–Kier alpha value is 0.940. The molecule has 18 heavy (non-hydrogen) atoms.